The van der Waals surface area contributed by atoms with Crippen molar-refractivity contribution >= 4 is 17.6 Å². The van der Waals surface area contributed by atoms with Crippen molar-refractivity contribution in [2.45, 2.75) is 24.4 Å². The third kappa shape index (κ3) is 4.04. The van der Waals surface area contributed by atoms with Crippen LogP contribution in [0, 0.1) is 5.41 Å². The van der Waals surface area contributed by atoms with Crippen LogP contribution in [0.4, 0.5) is 0 Å². The summed E-state index contributed by atoms with van der Waals surface area (Å²) in [6, 6.07) is 30.5. The van der Waals surface area contributed by atoms with Gasteiger partial charge in [0.05, 0.1) is 27.4 Å². The quantitative estimate of drug-likeness (QED) is 0.238. The summed E-state index contributed by atoms with van der Waals surface area (Å²) in [5.41, 5.74) is 3.79. The van der Waals surface area contributed by atoms with Gasteiger partial charge in [0.2, 0.25) is 0 Å². The Morgan fingerprint density at radius 2 is 1.16 bits per heavy atom. The highest BCUT2D eigenvalue weighted by molar-refractivity contribution is 6.31. The molecule has 3 atom stereocenters. The number of ketones is 2. The summed E-state index contributed by atoms with van der Waals surface area (Å²) in [7, 11) is 4.94. The fourth-order valence-corrected chi connectivity index (χ4v) is 7.67. The molecule has 6 heteroatoms. The molecule has 4 aromatic rings. The maximum atomic E-state index is 14.9. The van der Waals surface area contributed by atoms with Gasteiger partial charge in [0.15, 0.2) is 11.6 Å². The Kier molecular flexibility index (Phi) is 6.66. The Morgan fingerprint density at radius 1 is 0.674 bits per heavy atom. The van der Waals surface area contributed by atoms with Crippen molar-refractivity contribution in [1.82, 2.24) is 4.90 Å². The number of methoxy groups -OCH3 is 3. The predicted octanol–water partition coefficient (Wildman–Crippen LogP) is 6.77. The molecule has 3 aliphatic rings. The Morgan fingerprint density at radius 3 is 1.67 bits per heavy atom. The number of hydrogen-bond donors (Lipinski definition) is 0. The number of carbonyl (C=O) groups is 2. The maximum Gasteiger partial charge on any atom is 0.180 e. The summed E-state index contributed by atoms with van der Waals surface area (Å²) in [5.74, 6) is 1.65. The van der Waals surface area contributed by atoms with Gasteiger partial charge in [-0.25, -0.2) is 0 Å². The van der Waals surface area contributed by atoms with Gasteiger partial charge in [-0.3, -0.25) is 14.5 Å². The van der Waals surface area contributed by atoms with E-state index in [9.17, 15) is 9.59 Å². The van der Waals surface area contributed by atoms with Crippen LogP contribution >= 0.6 is 0 Å². The fraction of sp³-hybridized carbons (Fsp3) is 0.243. The van der Waals surface area contributed by atoms with E-state index in [1.54, 1.807) is 21.3 Å². The van der Waals surface area contributed by atoms with Crippen molar-refractivity contribution in [1.29, 1.82) is 0 Å². The van der Waals surface area contributed by atoms with Crippen LogP contribution < -0.4 is 14.2 Å². The molecule has 2 aliphatic heterocycles. The molecule has 0 bridgehead atoms. The summed E-state index contributed by atoms with van der Waals surface area (Å²) >= 11 is 0. The van der Waals surface area contributed by atoms with Gasteiger partial charge in [-0.2, -0.15) is 0 Å². The van der Waals surface area contributed by atoms with Gasteiger partial charge in [0, 0.05) is 29.6 Å². The number of fused-ring (bicyclic) bond motifs is 3. The number of ether oxygens (including phenoxy) is 3. The SMILES string of the molecule is COc1ccc(/C=C2\CCN3[C@@H]2C2(C(=O)c4ccccc4C2=O)[C@@H](c2ccc(OC)cc2)[C@@H]3c2ccc(OC)cc2)cc1. The first-order valence-electron chi connectivity index (χ1n) is 14.6. The van der Waals surface area contributed by atoms with Crippen LogP contribution in [0.3, 0.4) is 0 Å². The van der Waals surface area contributed by atoms with E-state index in [1.165, 1.54) is 0 Å². The molecule has 2 fully saturated rings. The second-order valence-corrected chi connectivity index (χ2v) is 11.4. The summed E-state index contributed by atoms with van der Waals surface area (Å²) in [6.45, 7) is 0.731. The molecule has 0 aromatic heterocycles. The summed E-state index contributed by atoms with van der Waals surface area (Å²) in [4.78, 5) is 32.2. The number of rotatable bonds is 6. The molecule has 4 aromatic carbocycles. The number of nitrogens with zero attached hydrogens (tertiary/aromatic N) is 1. The Bertz CT molecular complexity index is 1690. The zero-order valence-electron chi connectivity index (χ0n) is 24.4. The molecule has 0 saturated carbocycles. The standard InChI is InChI=1S/C37H33NO5/c1-41-27-14-8-23(9-15-27)22-26-20-21-38-33(25-12-18-29(43-3)19-13-25)32(24-10-16-28(42-2)17-11-24)37(34(26)38)35(39)30-6-4-5-7-31(30)36(37)40/h4-19,22,32-34H,20-21H2,1-3H3/b26-22+/t32-,33-,34-/m0/s1. The van der Waals surface area contributed by atoms with Crippen molar-refractivity contribution < 1.29 is 23.8 Å². The van der Waals surface area contributed by atoms with Crippen LogP contribution in [0.5, 0.6) is 17.2 Å². The lowest BCUT2D eigenvalue weighted by Crippen LogP contribution is -2.47. The first-order chi connectivity index (χ1) is 21.0. The molecule has 0 unspecified atom stereocenters. The molecule has 1 aliphatic carbocycles. The van der Waals surface area contributed by atoms with Gasteiger partial charge < -0.3 is 14.2 Å². The predicted molar refractivity (Wildman–Crippen MR) is 165 cm³/mol. The first kappa shape index (κ1) is 27.2. The highest BCUT2D eigenvalue weighted by Gasteiger charge is 2.72. The highest BCUT2D eigenvalue weighted by atomic mass is 16.5. The third-order valence-corrected chi connectivity index (χ3v) is 9.50. The minimum Gasteiger partial charge on any atom is -0.497 e. The van der Waals surface area contributed by atoms with E-state index in [4.69, 9.17) is 14.2 Å². The topological polar surface area (TPSA) is 65.1 Å². The van der Waals surface area contributed by atoms with Gasteiger partial charge in [-0.1, -0.05) is 66.7 Å². The number of Topliss-reactive ketones (excluding diaryl/α,β-unsaturated/α-hetero) is 2. The largest absolute Gasteiger partial charge is 0.497 e. The van der Waals surface area contributed by atoms with E-state index >= 15 is 0 Å². The molecule has 7 rings (SSSR count). The van der Waals surface area contributed by atoms with E-state index in [0.717, 1.165) is 52.5 Å². The maximum absolute atomic E-state index is 14.9. The van der Waals surface area contributed by atoms with Crippen molar-refractivity contribution in [2.24, 2.45) is 5.41 Å². The highest BCUT2D eigenvalue weighted by Crippen LogP contribution is 2.65. The second kappa shape index (κ2) is 10.5. The van der Waals surface area contributed by atoms with Crippen LogP contribution in [0.1, 0.15) is 55.8 Å². The minimum absolute atomic E-state index is 0.0949. The lowest BCUT2D eigenvalue weighted by Gasteiger charge is -2.34. The van der Waals surface area contributed by atoms with Crippen LogP contribution in [-0.2, 0) is 0 Å². The molecule has 2 saturated heterocycles. The minimum atomic E-state index is -1.32. The van der Waals surface area contributed by atoms with Gasteiger partial charge in [-0.15, -0.1) is 0 Å². The Labute approximate surface area is 251 Å². The number of hydrogen-bond acceptors (Lipinski definition) is 6. The van der Waals surface area contributed by atoms with Gasteiger partial charge >= 0.3 is 0 Å². The van der Waals surface area contributed by atoms with E-state index in [-0.39, 0.29) is 17.6 Å². The Balaban J connectivity index is 1.48. The Hall–Kier alpha value is -4.68. The van der Waals surface area contributed by atoms with Crippen molar-refractivity contribution in [3.8, 4) is 17.2 Å². The van der Waals surface area contributed by atoms with Crippen molar-refractivity contribution in [2.75, 3.05) is 27.9 Å². The van der Waals surface area contributed by atoms with Gasteiger partial charge in [0.1, 0.15) is 22.7 Å². The average molecular weight is 572 g/mol. The molecule has 0 N–H and O–H groups in total. The summed E-state index contributed by atoms with van der Waals surface area (Å²) in [5, 5.41) is 0. The van der Waals surface area contributed by atoms with Crippen LogP contribution in [0.2, 0.25) is 0 Å². The van der Waals surface area contributed by atoms with Crippen LogP contribution in [-0.4, -0.2) is 50.4 Å². The molecule has 0 amide bonds. The summed E-state index contributed by atoms with van der Waals surface area (Å²) < 4.78 is 16.3. The molecular weight excluding hydrogens is 538 g/mol. The fourth-order valence-electron chi connectivity index (χ4n) is 7.67. The van der Waals surface area contributed by atoms with E-state index in [2.05, 4.69) is 23.1 Å². The number of carbonyl (C=O) groups excluding carboxylic acids is 2. The molecule has 216 valence electrons. The smallest absolute Gasteiger partial charge is 0.180 e. The second-order valence-electron chi connectivity index (χ2n) is 11.4. The van der Waals surface area contributed by atoms with Crippen LogP contribution in [0.25, 0.3) is 6.08 Å². The molecular formula is C37H33NO5. The van der Waals surface area contributed by atoms with E-state index in [0.29, 0.717) is 11.1 Å². The molecule has 6 nitrogen and oxygen atoms in total. The molecule has 2 heterocycles. The molecule has 43 heavy (non-hydrogen) atoms. The molecule has 1 spiro atoms. The monoisotopic (exact) mass is 571 g/mol. The van der Waals surface area contributed by atoms with E-state index in [1.807, 2.05) is 84.9 Å². The average Bonchev–Trinajstić information content (AvgIpc) is 3.67. The van der Waals surface area contributed by atoms with Crippen LogP contribution in [0.15, 0.2) is 103 Å². The normalized spacial score (nSPS) is 23.0. The first-order valence-corrected chi connectivity index (χ1v) is 14.6. The zero-order valence-corrected chi connectivity index (χ0v) is 24.4. The lowest BCUT2D eigenvalue weighted by molar-refractivity contribution is 0.0646. The molecule has 0 radical (unpaired) electrons. The van der Waals surface area contributed by atoms with Crippen molar-refractivity contribution in [3.05, 3.63) is 130 Å². The van der Waals surface area contributed by atoms with Gasteiger partial charge in [0.25, 0.3) is 0 Å². The number of benzene rings is 4. The van der Waals surface area contributed by atoms with E-state index < -0.39 is 17.4 Å². The summed E-state index contributed by atoms with van der Waals surface area (Å²) in [6.07, 6.45) is 2.92. The van der Waals surface area contributed by atoms with Crippen molar-refractivity contribution in [3.63, 3.8) is 0 Å². The zero-order chi connectivity index (χ0) is 29.7. The van der Waals surface area contributed by atoms with Gasteiger partial charge in [-0.05, 0) is 65.1 Å². The lowest BCUT2D eigenvalue weighted by atomic mass is 9.63. The third-order valence-electron chi connectivity index (χ3n) is 9.50.